The number of carbonyl (C=O) groups is 1. The first-order valence-electron chi connectivity index (χ1n) is 5.71. The van der Waals surface area contributed by atoms with Crippen LogP contribution < -0.4 is 11.1 Å². The van der Waals surface area contributed by atoms with Crippen molar-refractivity contribution >= 4 is 11.6 Å². The number of amides is 1. The number of nitrogens with zero attached hydrogens (tertiary/aromatic N) is 1. The summed E-state index contributed by atoms with van der Waals surface area (Å²) in [7, 11) is 0. The fraction of sp³-hybridized carbons (Fsp3) is 0.143. The van der Waals surface area contributed by atoms with Gasteiger partial charge in [0.05, 0.1) is 0 Å². The van der Waals surface area contributed by atoms with E-state index in [2.05, 4.69) is 10.3 Å². The molecule has 0 saturated heterocycles. The first-order chi connectivity index (χ1) is 8.66. The van der Waals surface area contributed by atoms with Crippen LogP contribution in [0, 0.1) is 6.92 Å². The van der Waals surface area contributed by atoms with Gasteiger partial charge in [-0.25, -0.2) is 0 Å². The maximum absolute atomic E-state index is 12.0. The van der Waals surface area contributed by atoms with Gasteiger partial charge >= 0.3 is 0 Å². The van der Waals surface area contributed by atoms with E-state index < -0.39 is 6.04 Å². The van der Waals surface area contributed by atoms with E-state index in [-0.39, 0.29) is 5.91 Å². The SMILES string of the molecule is Cc1cc(NC(=O)C(N)c2ccccc2)ccn1. The van der Waals surface area contributed by atoms with E-state index in [1.54, 1.807) is 18.3 Å². The molecule has 3 N–H and O–H groups in total. The monoisotopic (exact) mass is 241 g/mol. The Labute approximate surface area is 106 Å². The van der Waals surface area contributed by atoms with Gasteiger partial charge in [0.25, 0.3) is 0 Å². The molecule has 0 aliphatic heterocycles. The normalized spacial score (nSPS) is 11.9. The Morgan fingerprint density at radius 1 is 1.28 bits per heavy atom. The first kappa shape index (κ1) is 12.3. The number of pyridine rings is 1. The highest BCUT2D eigenvalue weighted by Gasteiger charge is 2.15. The molecule has 0 fully saturated rings. The van der Waals surface area contributed by atoms with Gasteiger partial charge in [-0.3, -0.25) is 9.78 Å². The molecule has 0 aliphatic rings. The molecule has 92 valence electrons. The third-order valence-corrected chi connectivity index (χ3v) is 2.61. The van der Waals surface area contributed by atoms with E-state index in [0.29, 0.717) is 5.69 Å². The minimum absolute atomic E-state index is 0.230. The second kappa shape index (κ2) is 5.42. The largest absolute Gasteiger partial charge is 0.324 e. The lowest BCUT2D eigenvalue weighted by Crippen LogP contribution is -2.27. The van der Waals surface area contributed by atoms with Gasteiger partial charge in [-0.05, 0) is 24.6 Å². The van der Waals surface area contributed by atoms with Crippen LogP contribution in [0.3, 0.4) is 0 Å². The number of benzene rings is 1. The summed E-state index contributed by atoms with van der Waals surface area (Å²) in [4.78, 5) is 16.0. The lowest BCUT2D eigenvalue weighted by Gasteiger charge is -2.12. The Hall–Kier alpha value is -2.20. The number of nitrogens with two attached hydrogens (primary N) is 1. The van der Waals surface area contributed by atoms with Crippen molar-refractivity contribution in [3.63, 3.8) is 0 Å². The topological polar surface area (TPSA) is 68.0 Å². The van der Waals surface area contributed by atoms with Gasteiger partial charge in [-0.1, -0.05) is 30.3 Å². The van der Waals surface area contributed by atoms with E-state index in [4.69, 9.17) is 5.73 Å². The average molecular weight is 241 g/mol. The van der Waals surface area contributed by atoms with Gasteiger partial charge in [-0.2, -0.15) is 0 Å². The predicted molar refractivity (Wildman–Crippen MR) is 71.0 cm³/mol. The molecule has 2 aromatic rings. The van der Waals surface area contributed by atoms with E-state index in [1.165, 1.54) is 0 Å². The number of aromatic nitrogens is 1. The van der Waals surface area contributed by atoms with Crippen LogP contribution in [0.2, 0.25) is 0 Å². The Morgan fingerprint density at radius 3 is 2.67 bits per heavy atom. The summed E-state index contributed by atoms with van der Waals surface area (Å²) in [6.07, 6.45) is 1.65. The van der Waals surface area contributed by atoms with Crippen molar-refractivity contribution in [2.45, 2.75) is 13.0 Å². The van der Waals surface area contributed by atoms with Crippen LogP contribution in [0.4, 0.5) is 5.69 Å². The summed E-state index contributed by atoms with van der Waals surface area (Å²) in [5, 5.41) is 2.78. The van der Waals surface area contributed by atoms with Crippen LogP contribution in [0.15, 0.2) is 48.7 Å². The van der Waals surface area contributed by atoms with Crippen LogP contribution in [0.5, 0.6) is 0 Å². The molecule has 1 unspecified atom stereocenters. The number of nitrogens with one attached hydrogen (secondary N) is 1. The second-order valence-electron chi connectivity index (χ2n) is 4.06. The van der Waals surface area contributed by atoms with Crippen LogP contribution in [0.1, 0.15) is 17.3 Å². The van der Waals surface area contributed by atoms with E-state index in [0.717, 1.165) is 11.3 Å². The maximum atomic E-state index is 12.0. The van der Waals surface area contributed by atoms with Crippen molar-refractivity contribution in [3.05, 3.63) is 59.9 Å². The summed E-state index contributed by atoms with van der Waals surface area (Å²) in [5.41, 5.74) is 8.24. The highest BCUT2D eigenvalue weighted by molar-refractivity contribution is 5.95. The molecule has 0 spiro atoms. The van der Waals surface area contributed by atoms with Gasteiger partial charge in [0, 0.05) is 17.6 Å². The Morgan fingerprint density at radius 2 is 2.00 bits per heavy atom. The molecule has 4 nitrogen and oxygen atoms in total. The summed E-state index contributed by atoms with van der Waals surface area (Å²) < 4.78 is 0. The number of carbonyl (C=O) groups excluding carboxylic acids is 1. The zero-order chi connectivity index (χ0) is 13.0. The molecule has 0 bridgehead atoms. The molecule has 0 saturated carbocycles. The number of hydrogen-bond donors (Lipinski definition) is 2. The zero-order valence-electron chi connectivity index (χ0n) is 10.1. The molecule has 4 heteroatoms. The average Bonchev–Trinajstić information content (AvgIpc) is 2.39. The molecular weight excluding hydrogens is 226 g/mol. The van der Waals surface area contributed by atoms with Gasteiger partial charge in [0.15, 0.2) is 0 Å². The predicted octanol–water partition coefficient (Wildman–Crippen LogP) is 2.03. The Kier molecular flexibility index (Phi) is 3.69. The molecule has 0 radical (unpaired) electrons. The lowest BCUT2D eigenvalue weighted by molar-refractivity contribution is -0.117. The van der Waals surface area contributed by atoms with Crippen molar-refractivity contribution in [1.29, 1.82) is 0 Å². The van der Waals surface area contributed by atoms with Crippen molar-refractivity contribution in [1.82, 2.24) is 4.98 Å². The highest BCUT2D eigenvalue weighted by atomic mass is 16.2. The van der Waals surface area contributed by atoms with Gasteiger partial charge in [-0.15, -0.1) is 0 Å². The smallest absolute Gasteiger partial charge is 0.245 e. The van der Waals surface area contributed by atoms with Crippen LogP contribution >= 0.6 is 0 Å². The standard InChI is InChI=1S/C14H15N3O/c1-10-9-12(7-8-16-10)17-14(18)13(15)11-5-3-2-4-6-11/h2-9,13H,15H2,1H3,(H,16,17,18). The highest BCUT2D eigenvalue weighted by Crippen LogP contribution is 2.13. The van der Waals surface area contributed by atoms with Crippen LogP contribution in [0.25, 0.3) is 0 Å². The molecule has 1 amide bonds. The van der Waals surface area contributed by atoms with Crippen molar-refractivity contribution in [3.8, 4) is 0 Å². The van der Waals surface area contributed by atoms with Crippen LogP contribution in [-0.2, 0) is 4.79 Å². The second-order valence-corrected chi connectivity index (χ2v) is 4.06. The van der Waals surface area contributed by atoms with Gasteiger partial charge in [0.1, 0.15) is 6.04 Å². The summed E-state index contributed by atoms with van der Waals surface area (Å²) in [6, 6.07) is 12.2. The minimum atomic E-state index is -0.667. The Bertz CT molecular complexity index is 540. The molecule has 2 rings (SSSR count). The molecule has 1 aromatic carbocycles. The van der Waals surface area contributed by atoms with E-state index in [9.17, 15) is 4.79 Å². The number of aryl methyl sites for hydroxylation is 1. The molecule has 18 heavy (non-hydrogen) atoms. The van der Waals surface area contributed by atoms with Crippen molar-refractivity contribution < 1.29 is 4.79 Å². The van der Waals surface area contributed by atoms with E-state index in [1.807, 2.05) is 37.3 Å². The van der Waals surface area contributed by atoms with Gasteiger partial charge in [0.2, 0.25) is 5.91 Å². The third-order valence-electron chi connectivity index (χ3n) is 2.61. The molecule has 1 aromatic heterocycles. The number of rotatable bonds is 3. The zero-order valence-corrected chi connectivity index (χ0v) is 10.1. The molecule has 1 heterocycles. The summed E-state index contributed by atoms with van der Waals surface area (Å²) >= 11 is 0. The molecule has 1 atom stereocenters. The van der Waals surface area contributed by atoms with E-state index >= 15 is 0 Å². The number of anilines is 1. The molecule has 0 aliphatic carbocycles. The first-order valence-corrected chi connectivity index (χ1v) is 5.71. The summed E-state index contributed by atoms with van der Waals surface area (Å²) in [5.74, 6) is -0.230. The van der Waals surface area contributed by atoms with Crippen LogP contribution in [-0.4, -0.2) is 10.9 Å². The quantitative estimate of drug-likeness (QED) is 0.864. The number of hydrogen-bond acceptors (Lipinski definition) is 3. The summed E-state index contributed by atoms with van der Waals surface area (Å²) in [6.45, 7) is 1.87. The molecular formula is C14H15N3O. The van der Waals surface area contributed by atoms with Crippen molar-refractivity contribution in [2.24, 2.45) is 5.73 Å². The lowest BCUT2D eigenvalue weighted by atomic mass is 10.1. The van der Waals surface area contributed by atoms with Crippen molar-refractivity contribution in [2.75, 3.05) is 5.32 Å². The fourth-order valence-electron chi connectivity index (χ4n) is 1.66. The maximum Gasteiger partial charge on any atom is 0.245 e. The Balaban J connectivity index is 2.09. The third kappa shape index (κ3) is 2.93. The van der Waals surface area contributed by atoms with Gasteiger partial charge < -0.3 is 11.1 Å². The minimum Gasteiger partial charge on any atom is -0.324 e. The fourth-order valence-corrected chi connectivity index (χ4v) is 1.66.